The molecule has 0 radical (unpaired) electrons. The van der Waals surface area contributed by atoms with Gasteiger partial charge < -0.3 is 79.6 Å². The van der Waals surface area contributed by atoms with Crippen LogP contribution in [0, 0.1) is 0 Å². The van der Waals surface area contributed by atoms with Gasteiger partial charge in [0.15, 0.2) is 5.96 Å². The number of aromatic amines is 1. The van der Waals surface area contributed by atoms with Crippen molar-refractivity contribution < 1.29 is 58.5 Å². The van der Waals surface area contributed by atoms with E-state index in [9.17, 15) is 58.5 Å². The van der Waals surface area contributed by atoms with Crippen molar-refractivity contribution in [2.75, 3.05) is 44.9 Å². The zero-order valence-corrected chi connectivity index (χ0v) is 42.3. The summed E-state index contributed by atoms with van der Waals surface area (Å²) >= 11 is 1.44. The van der Waals surface area contributed by atoms with E-state index in [1.807, 2.05) is 36.6 Å². The van der Waals surface area contributed by atoms with Crippen LogP contribution in [0.2, 0.25) is 0 Å². The number of thioether (sulfide) groups is 1. The third-order valence-electron chi connectivity index (χ3n) is 11.9. The van der Waals surface area contributed by atoms with Gasteiger partial charge in [0.1, 0.15) is 42.3 Å². The first-order valence-electron chi connectivity index (χ1n) is 24.1. The Morgan fingerprint density at radius 1 is 0.733 bits per heavy atom. The van der Waals surface area contributed by atoms with Crippen LogP contribution in [-0.2, 0) is 62.4 Å². The number of hydrogen-bond acceptors (Lipinski definition) is 15. The van der Waals surface area contributed by atoms with E-state index in [1.54, 1.807) is 30.3 Å². The molecule has 2 heterocycles. The number of carboxylic acid groups (broad SMARTS) is 1. The van der Waals surface area contributed by atoms with Crippen LogP contribution in [0.1, 0.15) is 48.9 Å². The lowest BCUT2D eigenvalue weighted by Gasteiger charge is -2.29. The molecule has 0 spiro atoms. The van der Waals surface area contributed by atoms with Crippen LogP contribution >= 0.6 is 11.8 Å². The first kappa shape index (κ1) is 59.9. The van der Waals surface area contributed by atoms with Crippen molar-refractivity contribution in [3.8, 4) is 0 Å². The Morgan fingerprint density at radius 2 is 1.32 bits per heavy atom. The van der Waals surface area contributed by atoms with Gasteiger partial charge in [-0.1, -0.05) is 60.7 Å². The highest BCUT2D eigenvalue weighted by atomic mass is 32.2. The average Bonchev–Trinajstić information content (AvgIpc) is 4.11. The highest BCUT2D eigenvalue weighted by Crippen LogP contribution is 2.19. The molecule has 8 amide bonds. The molecular weight excluding hydrogens is 997 g/mol. The van der Waals surface area contributed by atoms with Crippen LogP contribution in [0.3, 0.4) is 0 Å². The maximum absolute atomic E-state index is 14.3. The second kappa shape index (κ2) is 31.2. The maximum Gasteiger partial charge on any atom is 0.326 e. The molecular formula is C48H68N14O12S. The third-order valence-corrected chi connectivity index (χ3v) is 12.5. The number of aliphatic hydroxyl groups is 2. The Balaban J connectivity index is 1.41. The highest BCUT2D eigenvalue weighted by Gasteiger charge is 2.39. The van der Waals surface area contributed by atoms with Crippen LogP contribution in [0.25, 0.3) is 0 Å². The molecule has 0 unspecified atom stereocenters. The molecule has 1 aliphatic heterocycles. The topological polar surface area (TPSA) is 421 Å². The van der Waals surface area contributed by atoms with Gasteiger partial charge in [-0.2, -0.15) is 11.8 Å². The van der Waals surface area contributed by atoms with Gasteiger partial charge in [0, 0.05) is 37.8 Å². The largest absolute Gasteiger partial charge is 0.480 e. The maximum atomic E-state index is 14.3. The van der Waals surface area contributed by atoms with E-state index in [4.69, 9.17) is 17.2 Å². The second-order valence-corrected chi connectivity index (χ2v) is 18.5. The summed E-state index contributed by atoms with van der Waals surface area (Å²) in [6, 6.07) is 7.23. The Hall–Kier alpha value is -7.62. The molecule has 26 nitrogen and oxygen atoms in total. The molecule has 75 heavy (non-hydrogen) atoms. The zero-order valence-electron chi connectivity index (χ0n) is 41.4. The lowest BCUT2D eigenvalue weighted by atomic mass is 10.0. The van der Waals surface area contributed by atoms with E-state index >= 15 is 0 Å². The van der Waals surface area contributed by atoms with Crippen LogP contribution in [0.15, 0.2) is 78.2 Å². The van der Waals surface area contributed by atoms with E-state index in [0.717, 1.165) is 10.5 Å². The second-order valence-electron chi connectivity index (χ2n) is 17.5. The van der Waals surface area contributed by atoms with Crippen molar-refractivity contribution in [1.82, 2.24) is 52.1 Å². The van der Waals surface area contributed by atoms with Crippen LogP contribution < -0.4 is 54.4 Å². The Labute approximate surface area is 436 Å². The van der Waals surface area contributed by atoms with Gasteiger partial charge in [0.2, 0.25) is 47.3 Å². The molecule has 0 saturated carbocycles. The number of nitrogens with zero attached hydrogens (tertiary/aromatic N) is 3. The van der Waals surface area contributed by atoms with Gasteiger partial charge in [0.05, 0.1) is 32.1 Å². The summed E-state index contributed by atoms with van der Waals surface area (Å²) in [7, 11) is 0. The van der Waals surface area contributed by atoms with Crippen molar-refractivity contribution in [2.45, 2.75) is 99.7 Å². The number of rotatable bonds is 31. The summed E-state index contributed by atoms with van der Waals surface area (Å²) < 4.78 is 0. The summed E-state index contributed by atoms with van der Waals surface area (Å²) in [5, 5.41) is 47.4. The fraction of sp³-hybridized carbons (Fsp3) is 0.479. The van der Waals surface area contributed by atoms with Gasteiger partial charge in [-0.15, -0.1) is 0 Å². The lowest BCUT2D eigenvalue weighted by molar-refractivity contribution is -0.145. The molecule has 1 aliphatic rings. The molecule has 1 saturated heterocycles. The minimum atomic E-state index is -1.69. The van der Waals surface area contributed by atoms with E-state index in [-0.39, 0.29) is 64.0 Å². The average molecular weight is 1070 g/mol. The van der Waals surface area contributed by atoms with Gasteiger partial charge in [0.25, 0.3) is 0 Å². The summed E-state index contributed by atoms with van der Waals surface area (Å²) in [4.78, 5) is 132. The van der Waals surface area contributed by atoms with Gasteiger partial charge >= 0.3 is 5.97 Å². The van der Waals surface area contributed by atoms with Gasteiger partial charge in [-0.25, -0.2) is 9.78 Å². The number of carbonyl (C=O) groups excluding carboxylic acids is 8. The summed E-state index contributed by atoms with van der Waals surface area (Å²) in [5.41, 5.74) is 18.7. The number of H-pyrrole nitrogens is 1. The molecule has 1 aromatic heterocycles. The Kier molecular flexibility index (Phi) is 24.9. The number of likely N-dealkylation sites (tertiary alicyclic amines) is 1. The molecule has 8 atom stereocenters. The summed E-state index contributed by atoms with van der Waals surface area (Å²) in [6.07, 6.45) is 5.42. The number of nitrogens with two attached hydrogens (primary N) is 3. The summed E-state index contributed by atoms with van der Waals surface area (Å²) in [6.45, 7) is -2.54. The molecule has 17 N–H and O–H groups in total. The highest BCUT2D eigenvalue weighted by molar-refractivity contribution is 7.98. The van der Waals surface area contributed by atoms with Gasteiger partial charge in [-0.05, 0) is 61.7 Å². The van der Waals surface area contributed by atoms with E-state index in [2.05, 4.69) is 52.2 Å². The fourth-order valence-electron chi connectivity index (χ4n) is 7.89. The first-order chi connectivity index (χ1) is 35.9. The normalized spacial score (nSPS) is 15.8. The number of imidazole rings is 1. The van der Waals surface area contributed by atoms with Crippen molar-refractivity contribution in [1.29, 1.82) is 0 Å². The number of aliphatic hydroxyl groups excluding tert-OH is 2. The first-order valence-corrected chi connectivity index (χ1v) is 25.5. The number of benzene rings is 2. The Bertz CT molecular complexity index is 2400. The van der Waals surface area contributed by atoms with Crippen LogP contribution in [0.5, 0.6) is 0 Å². The smallest absolute Gasteiger partial charge is 0.326 e. The lowest BCUT2D eigenvalue weighted by Crippen LogP contribution is -2.60. The number of amides is 8. The quantitative estimate of drug-likeness (QED) is 0.0165. The molecule has 3 aromatic rings. The predicted octanol–water partition coefficient (Wildman–Crippen LogP) is -4.34. The van der Waals surface area contributed by atoms with E-state index in [0.29, 0.717) is 23.4 Å². The van der Waals surface area contributed by atoms with E-state index in [1.165, 1.54) is 24.3 Å². The van der Waals surface area contributed by atoms with Crippen molar-refractivity contribution in [3.05, 3.63) is 90.0 Å². The molecule has 408 valence electrons. The summed E-state index contributed by atoms with van der Waals surface area (Å²) in [5.74, 6) is -7.74. The monoisotopic (exact) mass is 1060 g/mol. The molecule has 2 aromatic carbocycles. The molecule has 0 aliphatic carbocycles. The SMILES string of the molecule is CSCC[C@H](NC(=O)[C@@H](N)Cc1ccccc1)C(=O)N[C@@H](Cc1ccccc1)C(=O)N[C@@H](Cc1cnc[nH]1)C(=O)N[C@@H](CO)C(=O)NCC(=O)N[C@@H](CO)C(=O)N1CCC[C@H]1C(=O)N[C@@H](CCCN=C(N)N)C(=O)O. The van der Waals surface area contributed by atoms with Gasteiger partial charge in [-0.3, -0.25) is 43.3 Å². The third kappa shape index (κ3) is 20.0. The van der Waals surface area contributed by atoms with Crippen LogP contribution in [-0.4, -0.2) is 183 Å². The van der Waals surface area contributed by atoms with E-state index < -0.39 is 121 Å². The number of nitrogens with one attached hydrogen (secondary N) is 8. The van der Waals surface area contributed by atoms with Crippen molar-refractivity contribution in [3.63, 3.8) is 0 Å². The number of carbonyl (C=O) groups is 9. The predicted molar refractivity (Wildman–Crippen MR) is 275 cm³/mol. The zero-order chi connectivity index (χ0) is 54.9. The number of aromatic nitrogens is 2. The Morgan fingerprint density at radius 3 is 1.89 bits per heavy atom. The number of carboxylic acids is 1. The number of aliphatic carboxylic acids is 1. The minimum Gasteiger partial charge on any atom is -0.480 e. The van der Waals surface area contributed by atoms with Crippen LogP contribution in [0.4, 0.5) is 0 Å². The number of aliphatic imine (C=N–C) groups is 1. The molecule has 27 heteroatoms. The van der Waals surface area contributed by atoms with Crippen molar-refractivity contribution in [2.24, 2.45) is 22.2 Å². The molecule has 1 fully saturated rings. The molecule has 0 bridgehead atoms. The number of guanidine groups is 1. The standard InChI is InChI=1S/C48H68N14O12S/c1-75-19-16-32(57-40(66)31(49)20-28-10-4-2-5-11-28)42(68)59-34(21-29-12-6-3-7-13-29)43(69)60-35(22-30-23-52-27-55-30)44(70)61-36(25-63)41(67)54-24-39(65)56-37(26-64)46(72)62-18-9-15-38(62)45(71)58-33(47(73)74)14-8-17-53-48(50)51/h2-7,10-13,23,27,31-38,63-64H,8-9,14-22,24-26,49H2,1H3,(H,52,55)(H,54,67)(H,56,65)(H,57,66)(H,58,71)(H,59,68)(H,60,69)(H,61,70)(H,73,74)(H4,50,51,53)/t31-,32-,33-,34-,35-,36-,37-,38-/m0/s1. The fourth-order valence-corrected chi connectivity index (χ4v) is 8.36. The minimum absolute atomic E-state index is 0.0180. The number of hydrogen-bond donors (Lipinski definition) is 14. The van der Waals surface area contributed by atoms with Crippen molar-refractivity contribution >= 4 is 70.9 Å². The molecule has 4 rings (SSSR count).